The molecular formula is C19H19N3O2. The van der Waals surface area contributed by atoms with Gasteiger partial charge in [0.15, 0.2) is 5.78 Å². The Bertz CT molecular complexity index is 841. The summed E-state index contributed by atoms with van der Waals surface area (Å²) in [4.78, 5) is 30.4. The predicted molar refractivity (Wildman–Crippen MR) is 92.9 cm³/mol. The Labute approximate surface area is 140 Å². The molecule has 0 spiro atoms. The molecule has 24 heavy (non-hydrogen) atoms. The van der Waals surface area contributed by atoms with Crippen molar-refractivity contribution in [3.8, 4) is 0 Å². The van der Waals surface area contributed by atoms with E-state index >= 15 is 0 Å². The maximum absolute atomic E-state index is 12.5. The number of benzene rings is 1. The van der Waals surface area contributed by atoms with Gasteiger partial charge in [-0.1, -0.05) is 12.1 Å². The first-order valence-electron chi connectivity index (χ1n) is 7.76. The highest BCUT2D eigenvalue weighted by molar-refractivity contribution is 6.15. The number of anilines is 1. The number of hydrogen-bond acceptors (Lipinski definition) is 4. The van der Waals surface area contributed by atoms with Crippen LogP contribution in [0.5, 0.6) is 0 Å². The normalized spacial score (nSPS) is 15.3. The molecule has 2 heterocycles. The Morgan fingerprint density at radius 3 is 2.50 bits per heavy atom. The molecule has 5 nitrogen and oxygen atoms in total. The predicted octanol–water partition coefficient (Wildman–Crippen LogP) is 2.98. The first-order chi connectivity index (χ1) is 11.3. The Balaban J connectivity index is 1.86. The lowest BCUT2D eigenvalue weighted by molar-refractivity contribution is -0.121. The number of aromatic nitrogens is 1. The van der Waals surface area contributed by atoms with E-state index in [0.717, 1.165) is 11.3 Å². The smallest absolute Gasteiger partial charge is 0.236 e. The van der Waals surface area contributed by atoms with Crippen LogP contribution in [0.15, 0.2) is 42.7 Å². The first-order valence-corrected chi connectivity index (χ1v) is 7.76. The summed E-state index contributed by atoms with van der Waals surface area (Å²) in [7, 11) is 1.73. The number of pyridine rings is 1. The monoisotopic (exact) mass is 321 g/mol. The van der Waals surface area contributed by atoms with Crippen LogP contribution in [0.4, 0.5) is 5.69 Å². The van der Waals surface area contributed by atoms with Crippen molar-refractivity contribution in [1.29, 1.82) is 5.41 Å². The molecule has 0 aliphatic carbocycles. The van der Waals surface area contributed by atoms with E-state index in [0.29, 0.717) is 11.1 Å². The fourth-order valence-electron chi connectivity index (χ4n) is 3.07. The average Bonchev–Trinajstić information content (AvgIpc) is 2.76. The van der Waals surface area contributed by atoms with Gasteiger partial charge in [-0.05, 0) is 43.2 Å². The van der Waals surface area contributed by atoms with Gasteiger partial charge in [-0.2, -0.15) is 0 Å². The van der Waals surface area contributed by atoms with Crippen LogP contribution in [0.25, 0.3) is 0 Å². The van der Waals surface area contributed by atoms with Gasteiger partial charge in [0.25, 0.3) is 0 Å². The second-order valence-corrected chi connectivity index (χ2v) is 6.54. The number of carbonyl (C=O) groups is 2. The number of amides is 1. The van der Waals surface area contributed by atoms with Crippen LogP contribution in [-0.2, 0) is 10.2 Å². The number of rotatable bonds is 4. The third-order valence-corrected chi connectivity index (χ3v) is 4.56. The van der Waals surface area contributed by atoms with Crippen molar-refractivity contribution < 1.29 is 9.59 Å². The van der Waals surface area contributed by atoms with E-state index in [1.807, 2.05) is 19.9 Å². The minimum Gasteiger partial charge on any atom is -0.314 e. The van der Waals surface area contributed by atoms with E-state index in [4.69, 9.17) is 5.41 Å². The molecule has 1 aliphatic rings. The second-order valence-electron chi connectivity index (χ2n) is 6.54. The molecule has 5 heteroatoms. The van der Waals surface area contributed by atoms with Gasteiger partial charge < -0.3 is 10.3 Å². The second kappa shape index (κ2) is 5.67. The SMILES string of the molecule is CN1C(=O)C(C)(C)c2ccc(C(=O)CC(=N)c3ccncc3)cc21. The molecule has 1 aromatic heterocycles. The molecule has 122 valence electrons. The Kier molecular flexibility index (Phi) is 3.79. The minimum absolute atomic E-state index is 0.0177. The summed E-state index contributed by atoms with van der Waals surface area (Å²) in [5, 5.41) is 8.08. The van der Waals surface area contributed by atoms with Gasteiger partial charge in [0.05, 0.1) is 11.8 Å². The fourth-order valence-corrected chi connectivity index (χ4v) is 3.07. The van der Waals surface area contributed by atoms with E-state index in [-0.39, 0.29) is 23.8 Å². The highest BCUT2D eigenvalue weighted by atomic mass is 16.2. The van der Waals surface area contributed by atoms with Gasteiger partial charge in [0.1, 0.15) is 0 Å². The summed E-state index contributed by atoms with van der Waals surface area (Å²) in [5.41, 5.74) is 2.59. The van der Waals surface area contributed by atoms with E-state index in [1.54, 1.807) is 48.6 Å². The third-order valence-electron chi connectivity index (χ3n) is 4.56. The summed E-state index contributed by atoms with van der Waals surface area (Å²) in [6.45, 7) is 3.77. The maximum atomic E-state index is 12.5. The Morgan fingerprint density at radius 1 is 1.17 bits per heavy atom. The summed E-state index contributed by atoms with van der Waals surface area (Å²) in [6, 6.07) is 8.78. The van der Waals surface area contributed by atoms with E-state index in [9.17, 15) is 9.59 Å². The van der Waals surface area contributed by atoms with Gasteiger partial charge in [-0.3, -0.25) is 14.6 Å². The molecule has 3 rings (SSSR count). The first kappa shape index (κ1) is 16.1. The molecule has 0 radical (unpaired) electrons. The molecular weight excluding hydrogens is 302 g/mol. The van der Waals surface area contributed by atoms with E-state index < -0.39 is 5.41 Å². The third kappa shape index (κ3) is 2.52. The molecule has 0 saturated heterocycles. The lowest BCUT2D eigenvalue weighted by atomic mass is 9.85. The van der Waals surface area contributed by atoms with Crippen molar-refractivity contribution in [2.75, 3.05) is 11.9 Å². The summed E-state index contributed by atoms with van der Waals surface area (Å²) in [6.07, 6.45) is 3.22. The number of Topliss-reactive ketones (excluding diaryl/α,β-unsaturated/α-hetero) is 1. The Morgan fingerprint density at radius 2 is 1.83 bits per heavy atom. The highest BCUT2D eigenvalue weighted by Gasteiger charge is 2.42. The van der Waals surface area contributed by atoms with Crippen LogP contribution in [-0.4, -0.2) is 29.4 Å². The molecule has 1 aromatic carbocycles. The number of fused-ring (bicyclic) bond motifs is 1. The number of ketones is 1. The summed E-state index contributed by atoms with van der Waals surface area (Å²) < 4.78 is 0. The fraction of sp³-hybridized carbons (Fsp3) is 0.263. The number of nitrogens with one attached hydrogen (secondary N) is 1. The molecule has 2 aromatic rings. The molecule has 1 amide bonds. The van der Waals surface area contributed by atoms with Crippen molar-refractivity contribution in [3.05, 3.63) is 59.4 Å². The van der Waals surface area contributed by atoms with E-state index in [2.05, 4.69) is 4.98 Å². The highest BCUT2D eigenvalue weighted by Crippen LogP contribution is 2.41. The van der Waals surface area contributed by atoms with Crippen LogP contribution in [0.3, 0.4) is 0 Å². The minimum atomic E-state index is -0.574. The molecule has 0 bridgehead atoms. The summed E-state index contributed by atoms with van der Waals surface area (Å²) in [5.74, 6) is -0.114. The van der Waals surface area contributed by atoms with Gasteiger partial charge in [-0.15, -0.1) is 0 Å². The molecule has 0 unspecified atom stereocenters. The van der Waals surface area contributed by atoms with Crippen molar-refractivity contribution in [2.24, 2.45) is 0 Å². The van der Waals surface area contributed by atoms with E-state index in [1.165, 1.54) is 0 Å². The molecule has 0 fully saturated rings. The zero-order chi connectivity index (χ0) is 17.5. The number of nitrogens with zero attached hydrogens (tertiary/aromatic N) is 2. The molecule has 0 atom stereocenters. The summed E-state index contributed by atoms with van der Waals surface area (Å²) >= 11 is 0. The van der Waals surface area contributed by atoms with Crippen LogP contribution in [0, 0.1) is 5.41 Å². The van der Waals surface area contributed by atoms with Gasteiger partial charge >= 0.3 is 0 Å². The van der Waals surface area contributed by atoms with Crippen molar-refractivity contribution in [1.82, 2.24) is 4.98 Å². The van der Waals surface area contributed by atoms with Crippen LogP contribution in [0.2, 0.25) is 0 Å². The zero-order valence-corrected chi connectivity index (χ0v) is 14.0. The number of likely N-dealkylation sites (N-methyl/N-ethyl adjacent to an activating group) is 1. The average molecular weight is 321 g/mol. The van der Waals surface area contributed by atoms with Crippen molar-refractivity contribution in [2.45, 2.75) is 25.7 Å². The quantitative estimate of drug-likeness (QED) is 0.695. The standard InChI is InChI=1S/C19H19N3O2/c1-19(2)14-5-4-13(10-16(14)22(3)18(19)24)17(23)11-15(20)12-6-8-21-9-7-12/h4-10,20H,11H2,1-3H3. The van der Waals surface area contributed by atoms with Crippen molar-refractivity contribution in [3.63, 3.8) is 0 Å². The topological polar surface area (TPSA) is 74.1 Å². The van der Waals surface area contributed by atoms with Crippen LogP contribution < -0.4 is 4.90 Å². The molecule has 1 aliphatic heterocycles. The maximum Gasteiger partial charge on any atom is 0.236 e. The molecule has 0 saturated carbocycles. The lowest BCUT2D eigenvalue weighted by Gasteiger charge is -2.16. The van der Waals surface area contributed by atoms with Crippen LogP contribution in [0.1, 0.15) is 41.8 Å². The molecule has 1 N–H and O–H groups in total. The number of hydrogen-bond donors (Lipinski definition) is 1. The van der Waals surface area contributed by atoms with Gasteiger partial charge in [0.2, 0.25) is 5.91 Å². The Hall–Kier alpha value is -2.82. The van der Waals surface area contributed by atoms with Gasteiger partial charge in [-0.25, -0.2) is 0 Å². The lowest BCUT2D eigenvalue weighted by Crippen LogP contribution is -2.33. The number of carbonyl (C=O) groups excluding carboxylic acids is 2. The van der Waals surface area contributed by atoms with Crippen LogP contribution >= 0.6 is 0 Å². The van der Waals surface area contributed by atoms with Gasteiger partial charge in [0, 0.05) is 36.4 Å². The van der Waals surface area contributed by atoms with Crippen molar-refractivity contribution >= 4 is 23.1 Å². The largest absolute Gasteiger partial charge is 0.314 e. The zero-order valence-electron chi connectivity index (χ0n) is 14.0.